The van der Waals surface area contributed by atoms with Crippen molar-refractivity contribution in [2.75, 3.05) is 13.1 Å². The second-order valence-electron chi connectivity index (χ2n) is 17.4. The van der Waals surface area contributed by atoms with Gasteiger partial charge in [-0.05, 0) is 99.8 Å². The average Bonchev–Trinajstić information content (AvgIpc) is 3.81. The first-order chi connectivity index (χ1) is 30.2. The Bertz CT molecular complexity index is 2340. The van der Waals surface area contributed by atoms with Gasteiger partial charge < -0.3 is 31.9 Å². The van der Waals surface area contributed by atoms with Crippen LogP contribution in [0.4, 0.5) is 0 Å². The van der Waals surface area contributed by atoms with Gasteiger partial charge in [0.15, 0.2) is 0 Å². The Balaban J connectivity index is 0.903. The largest absolute Gasteiger partial charge is 0.505 e. The first-order valence-corrected chi connectivity index (χ1v) is 22.6. The second-order valence-corrected chi connectivity index (χ2v) is 18.1. The Labute approximate surface area is 368 Å². The number of amides is 7. The zero-order chi connectivity index (χ0) is 44.9. The third-order valence-corrected chi connectivity index (χ3v) is 13.8. The van der Waals surface area contributed by atoms with E-state index in [0.29, 0.717) is 53.8 Å². The molecule has 336 valence electrons. The highest BCUT2D eigenvalue weighted by Gasteiger charge is 2.45. The maximum Gasteiger partial charge on any atom is 0.505 e. The molecule has 3 saturated heterocycles. The summed E-state index contributed by atoms with van der Waals surface area (Å²) in [7, 11) is 1.68. The van der Waals surface area contributed by atoms with Crippen molar-refractivity contribution in [3.8, 4) is 0 Å². The Hall–Kier alpha value is -5.82. The van der Waals surface area contributed by atoms with Gasteiger partial charge in [0.2, 0.25) is 41.4 Å². The number of hydrogen-bond donors (Lipinski definition) is 5. The minimum atomic E-state index is -1.09. The standard InChI is InChI=1S/C44H55N9O9S/c1-50-36-22-26(8-15-33(36)53(44(50)61)35-17-19-38(55)49-41(35)58)3-2-25-4-9-28(10-5-25)42(59)51-21-20-29-11-16-34(52(29)43(60)31(45)24-51)40(57)48-32(14-18-37(46)54)39(56)47-23-27-6-12-30(63-62)13-7-27/h6-8,12-13,15,22,25,28-29,31-32,34-35H,2-5,9-11,14,16-21,23-24,45H2,1H3,(H4-,46,47,48,49,54,55,56,57,58)/p+1/t25-,28+,29-,31+,32+,34+,35?/m1/s1. The van der Waals surface area contributed by atoms with E-state index in [1.54, 1.807) is 40.8 Å². The van der Waals surface area contributed by atoms with Crippen molar-refractivity contribution in [1.29, 1.82) is 0 Å². The van der Waals surface area contributed by atoms with Gasteiger partial charge in [0.25, 0.3) is 4.90 Å². The molecule has 3 aliphatic heterocycles. The van der Waals surface area contributed by atoms with E-state index in [-0.39, 0.29) is 68.2 Å². The van der Waals surface area contributed by atoms with Gasteiger partial charge in [-0.3, -0.25) is 48.0 Å². The summed E-state index contributed by atoms with van der Waals surface area (Å²) in [5.41, 5.74) is 14.7. The van der Waals surface area contributed by atoms with Crippen LogP contribution in [0.15, 0.2) is 52.2 Å². The molecule has 0 radical (unpaired) electrons. The molecule has 7 N–H and O–H groups in total. The number of carbonyl (C=O) groups is 7. The number of rotatable bonds is 14. The highest BCUT2D eigenvalue weighted by atomic mass is 32.1. The predicted molar refractivity (Wildman–Crippen MR) is 230 cm³/mol. The van der Waals surface area contributed by atoms with Crippen molar-refractivity contribution < 1.29 is 37.8 Å². The summed E-state index contributed by atoms with van der Waals surface area (Å²) in [5, 5.41) is 7.86. The lowest BCUT2D eigenvalue weighted by Gasteiger charge is -2.39. The molecule has 0 spiro atoms. The molecule has 4 fully saturated rings. The molecule has 1 aliphatic carbocycles. The van der Waals surface area contributed by atoms with Gasteiger partial charge in [-0.2, -0.15) is 0 Å². The number of fused-ring (bicyclic) bond motifs is 2. The second kappa shape index (κ2) is 19.7. The molecule has 7 amide bonds. The zero-order valence-corrected chi connectivity index (χ0v) is 36.2. The van der Waals surface area contributed by atoms with Crippen LogP contribution < -0.4 is 33.1 Å². The molecule has 63 heavy (non-hydrogen) atoms. The highest BCUT2D eigenvalue weighted by Crippen LogP contribution is 2.35. The maximum absolute atomic E-state index is 14.0. The van der Waals surface area contributed by atoms with E-state index in [4.69, 9.17) is 11.5 Å². The first kappa shape index (κ1) is 45.2. The Morgan fingerprint density at radius 3 is 2.33 bits per heavy atom. The number of benzene rings is 2. The number of primary amides is 1. The number of aromatic nitrogens is 2. The van der Waals surface area contributed by atoms with Gasteiger partial charge in [-0.25, -0.2) is 4.79 Å². The number of nitrogens with two attached hydrogens (primary N) is 2. The predicted octanol–water partition coefficient (Wildman–Crippen LogP) is 0.830. The molecular formula is C44H56N9O9S+. The monoisotopic (exact) mass is 886 g/mol. The summed E-state index contributed by atoms with van der Waals surface area (Å²) < 4.78 is 14.1. The maximum atomic E-state index is 14.0. The van der Waals surface area contributed by atoms with Crippen LogP contribution >= 0.6 is 0 Å². The molecule has 7 rings (SSSR count). The van der Waals surface area contributed by atoms with Gasteiger partial charge in [0.1, 0.15) is 24.2 Å². The van der Waals surface area contributed by atoms with E-state index < -0.39 is 53.7 Å². The summed E-state index contributed by atoms with van der Waals surface area (Å²) in [5.74, 6) is -2.68. The van der Waals surface area contributed by atoms with Crippen LogP contribution in [0, 0.1) is 11.8 Å². The summed E-state index contributed by atoms with van der Waals surface area (Å²) in [6.07, 6.45) is 6.52. The van der Waals surface area contributed by atoms with Crippen molar-refractivity contribution >= 4 is 64.1 Å². The van der Waals surface area contributed by atoms with Crippen LogP contribution in [0.1, 0.15) is 94.2 Å². The minimum absolute atomic E-state index is 0.00660. The number of carbonyl (C=O) groups excluding carboxylic acids is 7. The highest BCUT2D eigenvalue weighted by molar-refractivity contribution is 7.65. The van der Waals surface area contributed by atoms with Gasteiger partial charge >= 0.3 is 17.4 Å². The van der Waals surface area contributed by atoms with Gasteiger partial charge in [0.05, 0.1) is 11.0 Å². The Kier molecular flexibility index (Phi) is 14.1. The Morgan fingerprint density at radius 1 is 0.905 bits per heavy atom. The van der Waals surface area contributed by atoms with E-state index >= 15 is 0 Å². The minimum Gasteiger partial charge on any atom is -0.370 e. The molecule has 18 nitrogen and oxygen atoms in total. The molecule has 4 heterocycles. The fourth-order valence-corrected chi connectivity index (χ4v) is 10.0. The van der Waals surface area contributed by atoms with Gasteiger partial charge in [-0.1, -0.05) is 18.2 Å². The summed E-state index contributed by atoms with van der Waals surface area (Å²) in [6, 6.07) is 8.48. The molecule has 19 heteroatoms. The molecule has 2 aromatic carbocycles. The van der Waals surface area contributed by atoms with Crippen LogP contribution in [0.25, 0.3) is 11.0 Å². The molecule has 1 unspecified atom stereocenters. The lowest BCUT2D eigenvalue weighted by atomic mass is 9.79. The fourth-order valence-electron chi connectivity index (χ4n) is 9.78. The van der Waals surface area contributed by atoms with Crippen molar-refractivity contribution in [3.05, 3.63) is 64.1 Å². The molecule has 4 aliphatic rings. The average molecular weight is 887 g/mol. The van der Waals surface area contributed by atoms with Crippen LogP contribution in [0.5, 0.6) is 0 Å². The van der Waals surface area contributed by atoms with E-state index in [0.717, 1.165) is 55.2 Å². The molecule has 1 saturated carbocycles. The van der Waals surface area contributed by atoms with Crippen molar-refractivity contribution in [2.45, 2.75) is 125 Å². The zero-order valence-electron chi connectivity index (χ0n) is 35.4. The van der Waals surface area contributed by atoms with Crippen LogP contribution in [0.2, 0.25) is 0 Å². The Morgan fingerprint density at radius 2 is 1.63 bits per heavy atom. The van der Waals surface area contributed by atoms with Crippen molar-refractivity contribution in [2.24, 2.45) is 30.4 Å². The van der Waals surface area contributed by atoms with Gasteiger partial charge in [0, 0.05) is 67.8 Å². The van der Waals surface area contributed by atoms with Crippen molar-refractivity contribution in [3.63, 3.8) is 0 Å². The van der Waals surface area contributed by atoms with E-state index in [1.165, 1.54) is 9.47 Å². The molecular weight excluding hydrogens is 831 g/mol. The van der Waals surface area contributed by atoms with Gasteiger partial charge in [-0.15, -0.1) is 0 Å². The third kappa shape index (κ3) is 10.2. The first-order valence-electron chi connectivity index (χ1n) is 21.9. The summed E-state index contributed by atoms with van der Waals surface area (Å²) in [4.78, 5) is 108. The topological polar surface area (TPSA) is 258 Å². The number of nitrogens with zero attached hydrogens (tertiary/aromatic N) is 4. The number of hydrogen-bond acceptors (Lipinski definition) is 10. The van der Waals surface area contributed by atoms with E-state index in [9.17, 15) is 42.6 Å². The quantitative estimate of drug-likeness (QED) is 0.113. The number of piperidine rings is 1. The molecule has 3 aromatic rings. The fraction of sp³-hybridized carbons (Fsp3) is 0.545. The molecule has 1 aromatic heterocycles. The SMILES string of the molecule is Cn1c(=O)n(C2CCC(=O)NC2=O)c2ccc(CC[C@H]3CC[C@@H](C(=O)N4CC[C@H]5CC[C@@H](C(=O)N[C@@H](CCC(N)=O)C(=O)NCc6ccc([S+]=O)cc6)N5C(=O)[C@@H](N)C4)CC3)cc21. The van der Waals surface area contributed by atoms with Crippen LogP contribution in [-0.2, 0) is 69.5 Å². The smallest absolute Gasteiger partial charge is 0.370 e. The number of aryl methyl sites for hydroxylation is 2. The van der Waals surface area contributed by atoms with E-state index in [1.807, 2.05) is 18.2 Å². The number of imide groups is 1. The van der Waals surface area contributed by atoms with Crippen LogP contribution in [-0.4, -0.2) is 97.5 Å². The van der Waals surface area contributed by atoms with Crippen LogP contribution in [0.3, 0.4) is 0 Å². The van der Waals surface area contributed by atoms with Crippen molar-refractivity contribution in [1.82, 2.24) is 34.9 Å². The summed E-state index contributed by atoms with van der Waals surface area (Å²) >= 11 is 0.358. The number of imidazole rings is 1. The third-order valence-electron chi connectivity index (χ3n) is 13.3. The normalized spacial score (nSPS) is 24.5. The lowest BCUT2D eigenvalue weighted by molar-refractivity contribution is -0.146. The lowest BCUT2D eigenvalue weighted by Crippen LogP contribution is -2.60. The molecule has 0 bridgehead atoms. The number of nitrogens with one attached hydrogen (secondary N) is 3. The molecule has 5 atom stereocenters. The summed E-state index contributed by atoms with van der Waals surface area (Å²) in [6.45, 7) is 0.552. The van der Waals surface area contributed by atoms with E-state index in [2.05, 4.69) is 16.0 Å².